The highest BCUT2D eigenvalue weighted by Gasteiger charge is 2.28. The molecule has 98 valence electrons. The Balaban J connectivity index is 2.52. The lowest BCUT2D eigenvalue weighted by molar-refractivity contribution is -0.156. The predicted molar refractivity (Wildman–Crippen MR) is 67.2 cm³/mol. The zero-order chi connectivity index (χ0) is 12.7. The predicted octanol–water partition coefficient (Wildman–Crippen LogP) is 2.27. The van der Waals surface area contributed by atoms with Crippen LogP contribution in [0.15, 0.2) is 0 Å². The molecule has 0 heterocycles. The fraction of sp³-hybridized carbons (Fsp3) is 0.833. The molecule has 1 atom stereocenters. The number of esters is 1. The van der Waals surface area contributed by atoms with E-state index >= 15 is 0 Å². The van der Waals surface area contributed by atoms with Gasteiger partial charge in [0, 0.05) is 5.75 Å². The number of thiol groups is 1. The van der Waals surface area contributed by atoms with E-state index in [1.54, 1.807) is 0 Å². The van der Waals surface area contributed by atoms with Crippen molar-refractivity contribution in [2.24, 2.45) is 5.92 Å². The van der Waals surface area contributed by atoms with Crippen molar-refractivity contribution in [3.63, 3.8) is 0 Å². The minimum atomic E-state index is -0.903. The topological polar surface area (TPSA) is 63.6 Å². The second-order valence-electron chi connectivity index (χ2n) is 4.50. The molecule has 4 nitrogen and oxygen atoms in total. The fourth-order valence-electron chi connectivity index (χ4n) is 2.30. The van der Waals surface area contributed by atoms with Crippen LogP contribution < -0.4 is 0 Å². The van der Waals surface area contributed by atoms with E-state index in [4.69, 9.17) is 9.84 Å². The monoisotopic (exact) mass is 260 g/mol. The fourth-order valence-corrected chi connectivity index (χ4v) is 2.48. The first kappa shape index (κ1) is 14.4. The summed E-state index contributed by atoms with van der Waals surface area (Å²) < 4.78 is 5.27. The molecule has 1 saturated carbocycles. The zero-order valence-corrected chi connectivity index (χ0v) is 10.8. The van der Waals surface area contributed by atoms with Crippen LogP contribution in [0.4, 0.5) is 0 Å². The van der Waals surface area contributed by atoms with Crippen molar-refractivity contribution >= 4 is 24.6 Å². The van der Waals surface area contributed by atoms with Gasteiger partial charge in [-0.15, -0.1) is 0 Å². The van der Waals surface area contributed by atoms with Crippen LogP contribution in [0, 0.1) is 5.92 Å². The van der Waals surface area contributed by atoms with Gasteiger partial charge in [-0.1, -0.05) is 19.3 Å². The molecule has 0 aliphatic heterocycles. The first-order valence-electron chi connectivity index (χ1n) is 6.15. The Labute approximate surface area is 107 Å². The largest absolute Gasteiger partial charge is 0.481 e. The van der Waals surface area contributed by atoms with Crippen LogP contribution in [0.25, 0.3) is 0 Å². The average Bonchev–Trinajstić information content (AvgIpc) is 2.29. The summed E-state index contributed by atoms with van der Waals surface area (Å²) in [6, 6.07) is 0. The third-order valence-corrected chi connectivity index (χ3v) is 3.37. The molecule has 0 aromatic rings. The molecule has 1 unspecified atom stereocenters. The van der Waals surface area contributed by atoms with Crippen LogP contribution in [0.3, 0.4) is 0 Å². The molecule has 0 saturated heterocycles. The first-order chi connectivity index (χ1) is 8.13. The van der Waals surface area contributed by atoms with Crippen LogP contribution in [-0.2, 0) is 14.3 Å². The quantitative estimate of drug-likeness (QED) is 0.568. The Morgan fingerprint density at radius 2 is 1.94 bits per heavy atom. The molecular weight excluding hydrogens is 240 g/mol. The van der Waals surface area contributed by atoms with Crippen molar-refractivity contribution in [1.82, 2.24) is 0 Å². The summed E-state index contributed by atoms with van der Waals surface area (Å²) in [5, 5.41) is 8.85. The molecule has 0 spiro atoms. The standard InChI is InChI=1S/C12H20O4S/c13-11(14)8-10(16-12(15)6-7-17)9-4-2-1-3-5-9/h9-10,17H,1-8H2,(H,13,14). The third-order valence-electron chi connectivity index (χ3n) is 3.15. The van der Waals surface area contributed by atoms with E-state index < -0.39 is 12.1 Å². The number of carboxylic acids is 1. The zero-order valence-electron chi connectivity index (χ0n) is 9.93. The smallest absolute Gasteiger partial charge is 0.307 e. The van der Waals surface area contributed by atoms with E-state index in [-0.39, 0.29) is 24.7 Å². The van der Waals surface area contributed by atoms with Gasteiger partial charge in [-0.05, 0) is 18.8 Å². The van der Waals surface area contributed by atoms with Gasteiger partial charge in [0.15, 0.2) is 0 Å². The summed E-state index contributed by atoms with van der Waals surface area (Å²) in [7, 11) is 0. The van der Waals surface area contributed by atoms with Crippen molar-refractivity contribution in [3.05, 3.63) is 0 Å². The number of carbonyl (C=O) groups excluding carboxylic acids is 1. The average molecular weight is 260 g/mol. The molecule has 17 heavy (non-hydrogen) atoms. The van der Waals surface area contributed by atoms with Gasteiger partial charge in [-0.2, -0.15) is 12.6 Å². The minimum absolute atomic E-state index is 0.0804. The van der Waals surface area contributed by atoms with Crippen molar-refractivity contribution in [3.8, 4) is 0 Å². The summed E-state index contributed by atoms with van der Waals surface area (Å²) in [5.41, 5.74) is 0. The SMILES string of the molecule is O=C(O)CC(OC(=O)CCS)C1CCCCC1. The van der Waals surface area contributed by atoms with Gasteiger partial charge in [-0.25, -0.2) is 0 Å². The summed E-state index contributed by atoms with van der Waals surface area (Å²) in [5.74, 6) is -0.594. The maximum Gasteiger partial charge on any atom is 0.307 e. The number of ether oxygens (including phenoxy) is 1. The number of carboxylic acid groups (broad SMARTS) is 1. The summed E-state index contributed by atoms with van der Waals surface area (Å²) in [4.78, 5) is 22.2. The van der Waals surface area contributed by atoms with E-state index in [1.807, 2.05) is 0 Å². The van der Waals surface area contributed by atoms with E-state index in [9.17, 15) is 9.59 Å². The molecule has 1 N–H and O–H groups in total. The summed E-state index contributed by atoms with van der Waals surface area (Å²) in [6.45, 7) is 0. The van der Waals surface area contributed by atoms with Crippen LogP contribution >= 0.6 is 12.6 Å². The lowest BCUT2D eigenvalue weighted by Gasteiger charge is -2.29. The van der Waals surface area contributed by atoms with Crippen molar-refractivity contribution in [2.75, 3.05) is 5.75 Å². The Kier molecular flexibility index (Phi) is 6.40. The first-order valence-corrected chi connectivity index (χ1v) is 6.79. The van der Waals surface area contributed by atoms with E-state index in [1.165, 1.54) is 6.42 Å². The minimum Gasteiger partial charge on any atom is -0.481 e. The van der Waals surface area contributed by atoms with Gasteiger partial charge < -0.3 is 9.84 Å². The number of hydrogen-bond donors (Lipinski definition) is 2. The van der Waals surface area contributed by atoms with Gasteiger partial charge in [0.1, 0.15) is 6.10 Å². The Morgan fingerprint density at radius 1 is 1.29 bits per heavy atom. The van der Waals surface area contributed by atoms with Crippen LogP contribution in [0.5, 0.6) is 0 Å². The molecule has 0 bridgehead atoms. The van der Waals surface area contributed by atoms with E-state index in [0.29, 0.717) is 5.75 Å². The number of rotatable bonds is 6. The molecule has 5 heteroatoms. The van der Waals surface area contributed by atoms with Crippen LogP contribution in [-0.4, -0.2) is 28.9 Å². The van der Waals surface area contributed by atoms with Crippen molar-refractivity contribution < 1.29 is 19.4 Å². The van der Waals surface area contributed by atoms with Gasteiger partial charge in [0.25, 0.3) is 0 Å². The molecule has 0 amide bonds. The third kappa shape index (κ3) is 5.44. The van der Waals surface area contributed by atoms with E-state index in [2.05, 4.69) is 12.6 Å². The second-order valence-corrected chi connectivity index (χ2v) is 4.95. The molecule has 1 aliphatic carbocycles. The highest BCUT2D eigenvalue weighted by molar-refractivity contribution is 7.80. The summed E-state index contributed by atoms with van der Waals surface area (Å²) >= 11 is 3.96. The maximum atomic E-state index is 11.4. The molecule has 0 radical (unpaired) electrons. The molecule has 0 aromatic carbocycles. The number of carbonyl (C=O) groups is 2. The Hall–Kier alpha value is -0.710. The molecule has 1 fully saturated rings. The highest BCUT2D eigenvalue weighted by atomic mass is 32.1. The second kappa shape index (κ2) is 7.58. The molecule has 0 aromatic heterocycles. The normalized spacial score (nSPS) is 18.6. The molecule has 1 aliphatic rings. The van der Waals surface area contributed by atoms with Crippen LogP contribution in [0.2, 0.25) is 0 Å². The Morgan fingerprint density at radius 3 is 2.47 bits per heavy atom. The maximum absolute atomic E-state index is 11.4. The van der Waals surface area contributed by atoms with E-state index in [0.717, 1.165) is 25.7 Å². The lowest BCUT2D eigenvalue weighted by atomic mass is 9.84. The molecular formula is C12H20O4S. The van der Waals surface area contributed by atoms with Gasteiger partial charge in [-0.3, -0.25) is 9.59 Å². The summed E-state index contributed by atoms with van der Waals surface area (Å²) in [6.07, 6.45) is 5.03. The Bertz CT molecular complexity index is 261. The van der Waals surface area contributed by atoms with Gasteiger partial charge in [0.05, 0.1) is 12.8 Å². The van der Waals surface area contributed by atoms with Crippen LogP contribution in [0.1, 0.15) is 44.9 Å². The van der Waals surface area contributed by atoms with Crippen molar-refractivity contribution in [1.29, 1.82) is 0 Å². The van der Waals surface area contributed by atoms with Crippen molar-refractivity contribution in [2.45, 2.75) is 51.0 Å². The van der Waals surface area contributed by atoms with Gasteiger partial charge >= 0.3 is 11.9 Å². The lowest BCUT2D eigenvalue weighted by Crippen LogP contribution is -2.31. The molecule has 1 rings (SSSR count). The van der Waals surface area contributed by atoms with Gasteiger partial charge in [0.2, 0.25) is 0 Å². The number of aliphatic carboxylic acids is 1. The number of hydrogen-bond acceptors (Lipinski definition) is 4. The highest BCUT2D eigenvalue weighted by Crippen LogP contribution is 2.29.